The minimum atomic E-state index is -0.101. The number of hydrogen-bond acceptors (Lipinski definition) is 5. The van der Waals surface area contributed by atoms with Gasteiger partial charge in [-0.25, -0.2) is 4.98 Å². The highest BCUT2D eigenvalue weighted by molar-refractivity contribution is 5.93. The molecule has 35 heavy (non-hydrogen) atoms. The summed E-state index contributed by atoms with van der Waals surface area (Å²) in [4.78, 5) is 32.1. The van der Waals surface area contributed by atoms with Crippen LogP contribution >= 0.6 is 0 Å². The second-order valence-electron chi connectivity index (χ2n) is 9.04. The normalized spacial score (nSPS) is 18.1. The van der Waals surface area contributed by atoms with E-state index in [4.69, 9.17) is 9.47 Å². The zero-order valence-electron chi connectivity index (χ0n) is 19.9. The van der Waals surface area contributed by atoms with Gasteiger partial charge in [0.25, 0.3) is 5.91 Å². The Morgan fingerprint density at radius 1 is 1.11 bits per heavy atom. The maximum atomic E-state index is 13.2. The number of rotatable bonds is 6. The number of benzene rings is 2. The maximum Gasteiger partial charge on any atom is 0.274 e. The molecule has 5 rings (SSSR count). The Hall–Kier alpha value is -3.65. The predicted molar refractivity (Wildman–Crippen MR) is 130 cm³/mol. The molecule has 3 heterocycles. The molecular weight excluding hydrogens is 444 g/mol. The number of ether oxygens (including phenoxy) is 2. The summed E-state index contributed by atoms with van der Waals surface area (Å²) >= 11 is 0. The van der Waals surface area contributed by atoms with Crippen LogP contribution in [-0.2, 0) is 29.2 Å². The lowest BCUT2D eigenvalue weighted by Crippen LogP contribution is -2.43. The molecule has 0 radical (unpaired) electrons. The lowest BCUT2D eigenvalue weighted by molar-refractivity contribution is -0.126. The molecular formula is C27H30N4O4. The Bertz CT molecular complexity index is 1180. The highest BCUT2D eigenvalue weighted by Gasteiger charge is 2.32. The minimum Gasteiger partial charge on any atom is -0.497 e. The first kappa shape index (κ1) is 23.1. The van der Waals surface area contributed by atoms with Crippen molar-refractivity contribution in [2.45, 2.75) is 38.6 Å². The van der Waals surface area contributed by atoms with Crippen LogP contribution in [0.15, 0.2) is 60.9 Å². The largest absolute Gasteiger partial charge is 0.497 e. The van der Waals surface area contributed by atoms with E-state index in [2.05, 4.69) is 22.4 Å². The van der Waals surface area contributed by atoms with Crippen LogP contribution in [0.5, 0.6) is 5.75 Å². The highest BCUT2D eigenvalue weighted by Crippen LogP contribution is 2.29. The van der Waals surface area contributed by atoms with Gasteiger partial charge < -0.3 is 24.3 Å². The van der Waals surface area contributed by atoms with Crippen molar-refractivity contribution >= 4 is 11.8 Å². The van der Waals surface area contributed by atoms with Crippen LogP contribution in [0.2, 0.25) is 0 Å². The summed E-state index contributed by atoms with van der Waals surface area (Å²) < 4.78 is 13.3. The second kappa shape index (κ2) is 10.3. The van der Waals surface area contributed by atoms with Gasteiger partial charge in [-0.15, -0.1) is 0 Å². The molecule has 2 amide bonds. The number of carbonyl (C=O) groups excluding carboxylic acids is 2. The van der Waals surface area contributed by atoms with E-state index in [9.17, 15) is 9.59 Å². The third-order valence-corrected chi connectivity index (χ3v) is 6.86. The highest BCUT2D eigenvalue weighted by atomic mass is 16.5. The van der Waals surface area contributed by atoms with Crippen LogP contribution in [0.25, 0.3) is 0 Å². The first-order valence-electron chi connectivity index (χ1n) is 12.0. The van der Waals surface area contributed by atoms with E-state index in [-0.39, 0.29) is 23.8 Å². The quantitative estimate of drug-likeness (QED) is 0.592. The topological polar surface area (TPSA) is 85.7 Å². The van der Waals surface area contributed by atoms with E-state index in [0.29, 0.717) is 51.3 Å². The molecule has 1 N–H and O–H groups in total. The number of methoxy groups -OCH3 is 1. The predicted octanol–water partition coefficient (Wildman–Crippen LogP) is 3.33. The van der Waals surface area contributed by atoms with Crippen LogP contribution in [0, 0.1) is 5.92 Å². The molecule has 0 unspecified atom stereocenters. The molecule has 182 valence electrons. The van der Waals surface area contributed by atoms with Gasteiger partial charge in [0.1, 0.15) is 11.9 Å². The maximum absolute atomic E-state index is 13.2. The van der Waals surface area contributed by atoms with Crippen molar-refractivity contribution in [2.75, 3.05) is 20.2 Å². The molecule has 8 nitrogen and oxygen atoms in total. The van der Waals surface area contributed by atoms with Crippen LogP contribution in [0.3, 0.4) is 0 Å². The van der Waals surface area contributed by atoms with Crippen LogP contribution in [0.1, 0.15) is 46.3 Å². The fraction of sp³-hybridized carbons (Fsp3) is 0.370. The Balaban J connectivity index is 1.14. The van der Waals surface area contributed by atoms with E-state index in [1.165, 1.54) is 0 Å². The smallest absolute Gasteiger partial charge is 0.274 e. The molecule has 3 aromatic rings. The SMILES string of the molecule is COc1cccc(CNC(=O)C2CCN(C(=O)c3ncn4c3CO[C@H](c3ccccc3)C4)CC2)c1. The number of aromatic nitrogens is 2. The van der Waals surface area contributed by atoms with E-state index >= 15 is 0 Å². The average molecular weight is 475 g/mol. The standard InChI is InChI=1S/C27H30N4O4/c1-34-22-9-5-6-19(14-22)15-28-26(32)21-10-12-30(13-11-21)27(33)25-23-17-35-24(16-31(23)18-29-25)20-7-3-2-4-8-20/h2-9,14,18,21,24H,10-13,15-17H2,1H3,(H,28,32)/t24-/m0/s1. The molecule has 0 saturated carbocycles. The van der Waals surface area contributed by atoms with Gasteiger partial charge in [0, 0.05) is 25.6 Å². The summed E-state index contributed by atoms with van der Waals surface area (Å²) in [5.74, 6) is 0.608. The van der Waals surface area contributed by atoms with Gasteiger partial charge in [0.2, 0.25) is 5.91 Å². The summed E-state index contributed by atoms with van der Waals surface area (Å²) in [6.07, 6.45) is 2.96. The number of nitrogens with zero attached hydrogens (tertiary/aromatic N) is 3. The number of amides is 2. The summed E-state index contributed by atoms with van der Waals surface area (Å²) in [5.41, 5.74) is 3.39. The van der Waals surface area contributed by atoms with Crippen molar-refractivity contribution in [1.29, 1.82) is 0 Å². The minimum absolute atomic E-state index is 0.0274. The molecule has 8 heteroatoms. The van der Waals surface area contributed by atoms with Crippen LogP contribution in [-0.4, -0.2) is 46.5 Å². The monoisotopic (exact) mass is 474 g/mol. The lowest BCUT2D eigenvalue weighted by Gasteiger charge is -2.31. The average Bonchev–Trinajstić information content (AvgIpc) is 3.35. The van der Waals surface area contributed by atoms with Crippen LogP contribution < -0.4 is 10.1 Å². The Morgan fingerprint density at radius 2 is 1.91 bits per heavy atom. The van der Waals surface area contributed by atoms with E-state index in [1.54, 1.807) is 18.3 Å². The molecule has 0 bridgehead atoms. The Morgan fingerprint density at radius 3 is 2.69 bits per heavy atom. The lowest BCUT2D eigenvalue weighted by atomic mass is 9.95. The van der Waals surface area contributed by atoms with Gasteiger partial charge in [0.15, 0.2) is 5.69 Å². The molecule has 2 aliphatic rings. The first-order valence-corrected chi connectivity index (χ1v) is 12.0. The number of hydrogen-bond donors (Lipinski definition) is 1. The molecule has 2 aliphatic heterocycles. The molecule has 1 fully saturated rings. The number of likely N-dealkylation sites (tertiary alicyclic amines) is 1. The number of nitrogens with one attached hydrogen (secondary N) is 1. The van der Waals surface area contributed by atoms with Gasteiger partial charge in [-0.3, -0.25) is 9.59 Å². The Labute approximate surface area is 204 Å². The summed E-state index contributed by atoms with van der Waals surface area (Å²) in [5, 5.41) is 3.02. The Kier molecular flexibility index (Phi) is 6.81. The number of piperidine rings is 1. The summed E-state index contributed by atoms with van der Waals surface area (Å²) in [7, 11) is 1.63. The third-order valence-electron chi connectivity index (χ3n) is 6.86. The number of carbonyl (C=O) groups is 2. The van der Waals surface area contributed by atoms with E-state index < -0.39 is 0 Å². The molecule has 1 atom stereocenters. The van der Waals surface area contributed by atoms with E-state index in [0.717, 1.165) is 22.6 Å². The molecule has 0 spiro atoms. The molecule has 1 aromatic heterocycles. The number of imidazole rings is 1. The zero-order valence-corrected chi connectivity index (χ0v) is 19.9. The van der Waals surface area contributed by atoms with Gasteiger partial charge >= 0.3 is 0 Å². The fourth-order valence-electron chi connectivity index (χ4n) is 4.79. The van der Waals surface area contributed by atoms with Crippen molar-refractivity contribution < 1.29 is 19.1 Å². The summed E-state index contributed by atoms with van der Waals surface area (Å²) in [6, 6.07) is 17.7. The second-order valence-corrected chi connectivity index (χ2v) is 9.04. The van der Waals surface area contributed by atoms with Crippen molar-refractivity contribution in [2.24, 2.45) is 5.92 Å². The molecule has 0 aliphatic carbocycles. The van der Waals surface area contributed by atoms with Crippen molar-refractivity contribution in [3.8, 4) is 5.75 Å². The molecule has 2 aromatic carbocycles. The van der Waals surface area contributed by atoms with Crippen molar-refractivity contribution in [3.05, 3.63) is 83.4 Å². The van der Waals surface area contributed by atoms with E-state index in [1.807, 2.05) is 47.0 Å². The third kappa shape index (κ3) is 5.07. The molecule has 1 saturated heterocycles. The van der Waals surface area contributed by atoms with Gasteiger partial charge in [0.05, 0.1) is 32.3 Å². The first-order chi connectivity index (χ1) is 17.1. The van der Waals surface area contributed by atoms with Gasteiger partial charge in [-0.05, 0) is 36.1 Å². The summed E-state index contributed by atoms with van der Waals surface area (Å²) in [6.45, 7) is 2.52. The fourth-order valence-corrected chi connectivity index (χ4v) is 4.79. The van der Waals surface area contributed by atoms with Crippen LogP contribution in [0.4, 0.5) is 0 Å². The van der Waals surface area contributed by atoms with Gasteiger partial charge in [-0.2, -0.15) is 0 Å². The van der Waals surface area contributed by atoms with Crippen molar-refractivity contribution in [3.63, 3.8) is 0 Å². The van der Waals surface area contributed by atoms with Crippen molar-refractivity contribution in [1.82, 2.24) is 19.8 Å². The zero-order chi connectivity index (χ0) is 24.2. The van der Waals surface area contributed by atoms with Gasteiger partial charge in [-0.1, -0.05) is 42.5 Å². The number of fused-ring (bicyclic) bond motifs is 1.